The second kappa shape index (κ2) is 12.1. The van der Waals surface area contributed by atoms with E-state index in [2.05, 4.69) is 10.6 Å². The summed E-state index contributed by atoms with van der Waals surface area (Å²) >= 11 is 0. The summed E-state index contributed by atoms with van der Waals surface area (Å²) in [5, 5.41) is 5.04. The number of carbonyl (C=O) groups excluding carboxylic acids is 4. The van der Waals surface area contributed by atoms with Gasteiger partial charge in [-0.2, -0.15) is 0 Å². The second-order valence-corrected chi connectivity index (χ2v) is 9.01. The van der Waals surface area contributed by atoms with Crippen molar-refractivity contribution in [3.63, 3.8) is 0 Å². The largest absolute Gasteiger partial charge is 0.465 e. The third-order valence-electron chi connectivity index (χ3n) is 6.28. The zero-order valence-corrected chi connectivity index (χ0v) is 21.9. The van der Waals surface area contributed by atoms with Gasteiger partial charge in [0.25, 0.3) is 5.91 Å². The van der Waals surface area contributed by atoms with Gasteiger partial charge in [0.2, 0.25) is 0 Å². The Bertz CT molecular complexity index is 1450. The Morgan fingerprint density at radius 3 is 2.36 bits per heavy atom. The second-order valence-electron chi connectivity index (χ2n) is 9.01. The number of carbonyl (C=O) groups is 4. The highest BCUT2D eigenvalue weighted by Gasteiger charge is 2.37. The van der Waals surface area contributed by atoms with E-state index in [1.54, 1.807) is 36.1 Å². The molecule has 4 rings (SSSR count). The number of hydrogen-bond donors (Lipinski definition) is 2. The predicted octanol–water partition coefficient (Wildman–Crippen LogP) is 3.76. The molecule has 0 atom stereocenters. The van der Waals surface area contributed by atoms with Crippen LogP contribution in [-0.4, -0.2) is 42.2 Å². The summed E-state index contributed by atoms with van der Waals surface area (Å²) in [6.45, 7) is 3.98. The van der Waals surface area contributed by atoms with Gasteiger partial charge in [-0.1, -0.05) is 48.0 Å². The highest BCUT2D eigenvalue weighted by atomic mass is 16.5. The van der Waals surface area contributed by atoms with Crippen LogP contribution in [0.3, 0.4) is 0 Å². The number of hydrogen-bond acceptors (Lipinski definition) is 6. The number of methoxy groups -OCH3 is 1. The van der Waals surface area contributed by atoms with Crippen molar-refractivity contribution in [2.24, 2.45) is 0 Å². The average molecular weight is 528 g/mol. The first-order valence-electron chi connectivity index (χ1n) is 12.4. The first-order valence-corrected chi connectivity index (χ1v) is 12.4. The Kier molecular flexibility index (Phi) is 8.40. The monoisotopic (exact) mass is 527 g/mol. The van der Waals surface area contributed by atoms with Gasteiger partial charge < -0.3 is 24.7 Å². The number of esters is 1. The highest BCUT2D eigenvalue weighted by molar-refractivity contribution is 6.39. The number of benzene rings is 2. The SMILES string of the molecule is COC(=O)C1=C(C)N(CCc2ccccc2)C(=O)/C1=C/c1ccc(CNC(=O)C(=O)Nc2ccc(C)cc2)o1. The number of nitrogens with one attached hydrogen (secondary N) is 2. The van der Waals surface area contributed by atoms with Crippen LogP contribution < -0.4 is 10.6 Å². The molecule has 200 valence electrons. The zero-order valence-electron chi connectivity index (χ0n) is 21.9. The first-order chi connectivity index (χ1) is 18.8. The molecule has 0 saturated carbocycles. The molecule has 0 aliphatic carbocycles. The van der Waals surface area contributed by atoms with Crippen LogP contribution in [0, 0.1) is 6.92 Å². The van der Waals surface area contributed by atoms with Crippen molar-refractivity contribution in [2.75, 3.05) is 19.0 Å². The minimum Gasteiger partial charge on any atom is -0.465 e. The van der Waals surface area contributed by atoms with Crippen molar-refractivity contribution in [2.45, 2.75) is 26.8 Å². The third-order valence-corrected chi connectivity index (χ3v) is 6.28. The number of rotatable bonds is 8. The van der Waals surface area contributed by atoms with Crippen molar-refractivity contribution in [3.05, 3.63) is 106 Å². The third kappa shape index (κ3) is 6.51. The predicted molar refractivity (Wildman–Crippen MR) is 145 cm³/mol. The van der Waals surface area contributed by atoms with Gasteiger partial charge in [-0.05, 0) is 56.2 Å². The molecule has 0 unspecified atom stereocenters. The Hall–Kier alpha value is -4.92. The summed E-state index contributed by atoms with van der Waals surface area (Å²) in [6, 6.07) is 20.0. The maximum Gasteiger partial charge on any atom is 0.340 e. The fourth-order valence-electron chi connectivity index (χ4n) is 4.16. The molecule has 2 aromatic carbocycles. The van der Waals surface area contributed by atoms with Crippen LogP contribution in [0.4, 0.5) is 5.69 Å². The van der Waals surface area contributed by atoms with Crippen molar-refractivity contribution < 1.29 is 28.3 Å². The Morgan fingerprint density at radius 1 is 0.949 bits per heavy atom. The average Bonchev–Trinajstić information content (AvgIpc) is 3.49. The highest BCUT2D eigenvalue weighted by Crippen LogP contribution is 2.32. The molecule has 3 amide bonds. The van der Waals surface area contributed by atoms with Gasteiger partial charge in [0.05, 0.1) is 24.8 Å². The molecule has 0 spiro atoms. The van der Waals surface area contributed by atoms with Crippen molar-refractivity contribution in [1.29, 1.82) is 0 Å². The smallest absolute Gasteiger partial charge is 0.340 e. The molecule has 39 heavy (non-hydrogen) atoms. The summed E-state index contributed by atoms with van der Waals surface area (Å²) in [5.41, 5.74) is 3.46. The van der Waals surface area contributed by atoms with Gasteiger partial charge in [-0.3, -0.25) is 14.4 Å². The van der Waals surface area contributed by atoms with Crippen LogP contribution in [0.15, 0.2) is 88.0 Å². The molecule has 0 radical (unpaired) electrons. The van der Waals surface area contributed by atoms with E-state index >= 15 is 0 Å². The quantitative estimate of drug-likeness (QED) is 0.262. The molecule has 0 fully saturated rings. The fourth-order valence-corrected chi connectivity index (χ4v) is 4.16. The van der Waals surface area contributed by atoms with E-state index in [-0.39, 0.29) is 23.6 Å². The normalized spacial score (nSPS) is 14.1. The molecule has 1 aliphatic rings. The van der Waals surface area contributed by atoms with Gasteiger partial charge in [-0.15, -0.1) is 0 Å². The fraction of sp³-hybridized carbons (Fsp3) is 0.200. The molecule has 0 bridgehead atoms. The van der Waals surface area contributed by atoms with Gasteiger partial charge in [0, 0.05) is 17.9 Å². The van der Waals surface area contributed by atoms with E-state index in [1.807, 2.05) is 49.4 Å². The van der Waals surface area contributed by atoms with Crippen LogP contribution >= 0.6 is 0 Å². The lowest BCUT2D eigenvalue weighted by molar-refractivity contribution is -0.136. The van der Waals surface area contributed by atoms with Crippen LogP contribution in [-0.2, 0) is 36.9 Å². The van der Waals surface area contributed by atoms with Gasteiger partial charge >= 0.3 is 17.8 Å². The van der Waals surface area contributed by atoms with Crippen molar-refractivity contribution in [1.82, 2.24) is 10.2 Å². The van der Waals surface area contributed by atoms with Crippen LogP contribution in [0.5, 0.6) is 0 Å². The van der Waals surface area contributed by atoms with Crippen LogP contribution in [0.25, 0.3) is 6.08 Å². The van der Waals surface area contributed by atoms with Gasteiger partial charge in [-0.25, -0.2) is 4.79 Å². The maximum absolute atomic E-state index is 13.3. The summed E-state index contributed by atoms with van der Waals surface area (Å²) in [4.78, 5) is 51.8. The maximum atomic E-state index is 13.3. The number of aryl methyl sites for hydroxylation is 1. The van der Waals surface area contributed by atoms with E-state index in [1.165, 1.54) is 13.2 Å². The van der Waals surface area contributed by atoms with Crippen LogP contribution in [0.1, 0.15) is 29.6 Å². The molecular weight excluding hydrogens is 498 g/mol. The molecule has 0 saturated heterocycles. The van der Waals surface area contributed by atoms with E-state index in [9.17, 15) is 19.2 Å². The summed E-state index contributed by atoms with van der Waals surface area (Å²) in [6.07, 6.45) is 2.10. The van der Waals surface area contributed by atoms with Gasteiger partial charge in [0.15, 0.2) is 0 Å². The molecule has 3 aromatic rings. The number of allylic oxidation sites excluding steroid dienone is 1. The number of nitrogens with zero attached hydrogens (tertiary/aromatic N) is 1. The number of ether oxygens (including phenoxy) is 1. The molecule has 2 heterocycles. The number of amides is 3. The number of anilines is 1. The van der Waals surface area contributed by atoms with Crippen LogP contribution in [0.2, 0.25) is 0 Å². The van der Waals surface area contributed by atoms with E-state index < -0.39 is 17.8 Å². The molecular formula is C30H29N3O6. The lowest BCUT2D eigenvalue weighted by Crippen LogP contribution is -2.34. The topological polar surface area (TPSA) is 118 Å². The van der Waals surface area contributed by atoms with Crippen molar-refractivity contribution >= 4 is 35.5 Å². The molecule has 9 nitrogen and oxygen atoms in total. The van der Waals surface area contributed by atoms with E-state index in [4.69, 9.17) is 9.15 Å². The molecule has 1 aromatic heterocycles. The van der Waals surface area contributed by atoms with E-state index in [0.29, 0.717) is 35.9 Å². The van der Waals surface area contributed by atoms with Crippen molar-refractivity contribution in [3.8, 4) is 0 Å². The molecule has 2 N–H and O–H groups in total. The Morgan fingerprint density at radius 2 is 1.67 bits per heavy atom. The Balaban J connectivity index is 1.43. The minimum atomic E-state index is -0.821. The Labute approximate surface area is 226 Å². The zero-order chi connectivity index (χ0) is 27.9. The van der Waals surface area contributed by atoms with E-state index in [0.717, 1.165) is 11.1 Å². The standard InChI is InChI=1S/C30H29N3O6/c1-19-9-11-22(12-10-19)32-28(35)27(34)31-18-24-14-13-23(39-24)17-25-26(30(37)38-3)20(2)33(29(25)36)16-15-21-7-5-4-6-8-21/h4-14,17H,15-16,18H2,1-3H3,(H,31,34)(H,32,35)/b25-17+. The summed E-state index contributed by atoms with van der Waals surface area (Å²) < 4.78 is 10.7. The molecule has 9 heteroatoms. The lowest BCUT2D eigenvalue weighted by atomic mass is 10.1. The minimum absolute atomic E-state index is 0.0425. The summed E-state index contributed by atoms with van der Waals surface area (Å²) in [5.74, 6) is -1.90. The first kappa shape index (κ1) is 27.1. The lowest BCUT2D eigenvalue weighted by Gasteiger charge is -2.17. The summed E-state index contributed by atoms with van der Waals surface area (Å²) in [7, 11) is 1.26. The molecule has 1 aliphatic heterocycles. The number of furan rings is 1. The van der Waals surface area contributed by atoms with Gasteiger partial charge in [0.1, 0.15) is 11.5 Å².